The predicted octanol–water partition coefficient (Wildman–Crippen LogP) is 5.23. The number of halogens is 1. The Kier molecular flexibility index (Phi) is 3.18. The maximum absolute atomic E-state index is 8.06. The van der Waals surface area contributed by atoms with E-state index in [1.807, 2.05) is 7.11 Å². The zero-order valence-electron chi connectivity index (χ0n) is 14.2. The van der Waals surface area contributed by atoms with Crippen LogP contribution in [0.4, 0.5) is 0 Å². The summed E-state index contributed by atoms with van der Waals surface area (Å²) in [5, 5.41) is 0. The van der Waals surface area contributed by atoms with E-state index in [1.54, 1.807) is 0 Å². The van der Waals surface area contributed by atoms with Gasteiger partial charge in [-0.25, -0.2) is 0 Å². The fraction of sp³-hybridized carbons (Fsp3) is 0.556. The minimum absolute atomic E-state index is 0.0115. The summed E-state index contributed by atoms with van der Waals surface area (Å²) in [6.45, 7) is 2.21. The number of hydrogen-bond acceptors (Lipinski definition) is 1. The van der Waals surface area contributed by atoms with E-state index in [4.69, 9.17) is 7.48 Å². The average molecular weight is 337 g/mol. The molecule has 2 aliphatic rings. The lowest BCUT2D eigenvalue weighted by Crippen LogP contribution is -2.37. The van der Waals surface area contributed by atoms with Gasteiger partial charge in [0, 0.05) is 11.6 Å². The maximum atomic E-state index is 8.06. The highest BCUT2D eigenvalue weighted by molar-refractivity contribution is 9.10. The first-order valence-corrected chi connectivity index (χ1v) is 8.29. The normalized spacial score (nSPS) is 33.9. The summed E-state index contributed by atoms with van der Waals surface area (Å²) < 4.78 is 22.8. The van der Waals surface area contributed by atoms with Crippen LogP contribution < -0.4 is 0 Å². The second-order valence-electron chi connectivity index (χ2n) is 6.32. The van der Waals surface area contributed by atoms with Gasteiger partial charge in [0.2, 0.25) is 0 Å². The quantitative estimate of drug-likeness (QED) is 0.718. The van der Waals surface area contributed by atoms with E-state index in [1.165, 1.54) is 5.56 Å². The van der Waals surface area contributed by atoms with Gasteiger partial charge in [-0.2, -0.15) is 0 Å². The first kappa shape index (κ1) is 12.0. The fourth-order valence-corrected chi connectivity index (χ4v) is 4.53. The van der Waals surface area contributed by atoms with Gasteiger partial charge in [0.15, 0.2) is 0 Å². The Morgan fingerprint density at radius 2 is 2.40 bits per heavy atom. The van der Waals surface area contributed by atoms with Crippen LogP contribution in [0.5, 0.6) is 0 Å². The number of ether oxygens (including phenoxy) is 1. The van der Waals surface area contributed by atoms with E-state index >= 15 is 0 Å². The smallest absolute Gasteiger partial charge is 0.0600 e. The summed E-state index contributed by atoms with van der Waals surface area (Å²) in [5.41, 5.74) is 3.33. The predicted molar refractivity (Wildman–Crippen MR) is 87.7 cm³/mol. The molecule has 0 heterocycles. The molecule has 1 spiro atoms. The second-order valence-corrected chi connectivity index (χ2v) is 7.23. The van der Waals surface area contributed by atoms with E-state index in [0.717, 1.165) is 47.7 Å². The molecule has 1 fully saturated rings. The molecule has 0 aromatic heterocycles. The van der Waals surface area contributed by atoms with Crippen LogP contribution in [0.2, 0.25) is 0 Å². The van der Waals surface area contributed by atoms with E-state index in [2.05, 4.69) is 41.1 Å². The molecule has 0 unspecified atom stereocenters. The van der Waals surface area contributed by atoms with Crippen molar-refractivity contribution in [1.29, 1.82) is 0 Å². The lowest BCUT2D eigenvalue weighted by atomic mass is 9.64. The van der Waals surface area contributed by atoms with E-state index < -0.39 is 0 Å². The summed E-state index contributed by atoms with van der Waals surface area (Å²) in [6, 6.07) is 6.31. The van der Waals surface area contributed by atoms with Crippen LogP contribution in [-0.2, 0) is 11.2 Å². The van der Waals surface area contributed by atoms with Crippen LogP contribution in [0.25, 0.3) is 5.57 Å². The molecule has 2 heteroatoms. The van der Waals surface area contributed by atoms with Crippen LogP contribution in [-0.4, -0.2) is 13.2 Å². The monoisotopic (exact) mass is 336 g/mol. The number of hydrogen-bond donors (Lipinski definition) is 0. The molecule has 1 nitrogen and oxygen atoms in total. The Labute approximate surface area is 133 Å². The number of benzene rings is 1. The van der Waals surface area contributed by atoms with Gasteiger partial charge in [0.05, 0.1) is 8.85 Å². The SMILES string of the molecule is [2H]C([2H])=C1c2cc(Br)ccc2C[C@]12CC[C@@H](OC)[C@H](CC)C2. The van der Waals surface area contributed by atoms with Crippen molar-refractivity contribution in [3.05, 3.63) is 40.3 Å². The number of fused-ring (bicyclic) bond motifs is 1. The Balaban J connectivity index is 2.03. The van der Waals surface area contributed by atoms with Crippen molar-refractivity contribution in [3.63, 3.8) is 0 Å². The van der Waals surface area contributed by atoms with E-state index in [9.17, 15) is 0 Å². The van der Waals surface area contributed by atoms with Crippen LogP contribution in [0.1, 0.15) is 46.5 Å². The highest BCUT2D eigenvalue weighted by Gasteiger charge is 2.46. The van der Waals surface area contributed by atoms with Gasteiger partial charge >= 0.3 is 0 Å². The molecule has 2 aliphatic carbocycles. The Morgan fingerprint density at radius 3 is 3.10 bits per heavy atom. The van der Waals surface area contributed by atoms with Crippen LogP contribution in [0.3, 0.4) is 0 Å². The zero-order valence-corrected chi connectivity index (χ0v) is 13.8. The van der Waals surface area contributed by atoms with Gasteiger partial charge in [0.1, 0.15) is 0 Å². The molecular formula is C18H23BrO. The minimum Gasteiger partial charge on any atom is -0.381 e. The largest absolute Gasteiger partial charge is 0.381 e. The van der Waals surface area contributed by atoms with Gasteiger partial charge in [-0.05, 0) is 65.8 Å². The minimum atomic E-state index is -0.0301. The van der Waals surface area contributed by atoms with Crippen molar-refractivity contribution in [2.75, 3.05) is 7.11 Å². The van der Waals surface area contributed by atoms with Crippen molar-refractivity contribution in [1.82, 2.24) is 0 Å². The third-order valence-electron chi connectivity index (χ3n) is 5.31. The molecule has 20 heavy (non-hydrogen) atoms. The van der Waals surface area contributed by atoms with Crippen molar-refractivity contribution in [2.45, 2.75) is 45.1 Å². The maximum Gasteiger partial charge on any atom is 0.0600 e. The average Bonchev–Trinajstić information content (AvgIpc) is 2.79. The molecule has 3 atom stereocenters. The summed E-state index contributed by atoms with van der Waals surface area (Å²) in [6.07, 6.45) is 5.47. The number of allylic oxidation sites excluding steroid dienone is 1. The first-order chi connectivity index (χ1) is 10.5. The molecule has 3 rings (SSSR count). The number of rotatable bonds is 2. The third-order valence-corrected chi connectivity index (χ3v) is 5.81. The van der Waals surface area contributed by atoms with Crippen LogP contribution >= 0.6 is 15.9 Å². The van der Waals surface area contributed by atoms with E-state index in [-0.39, 0.29) is 11.9 Å². The van der Waals surface area contributed by atoms with Crippen molar-refractivity contribution < 1.29 is 7.48 Å². The second kappa shape index (κ2) is 5.31. The third kappa shape index (κ3) is 2.17. The lowest BCUT2D eigenvalue weighted by Gasteiger charge is -2.43. The molecule has 1 aromatic carbocycles. The van der Waals surface area contributed by atoms with Crippen LogP contribution in [0, 0.1) is 11.3 Å². The molecule has 1 aromatic rings. The molecule has 108 valence electrons. The molecule has 0 N–H and O–H groups in total. The summed E-state index contributed by atoms with van der Waals surface area (Å²) >= 11 is 3.54. The molecule has 0 saturated heterocycles. The Bertz CT molecular complexity index is 609. The summed E-state index contributed by atoms with van der Waals surface area (Å²) in [7, 11) is 1.81. The van der Waals surface area contributed by atoms with Gasteiger partial charge < -0.3 is 4.74 Å². The lowest BCUT2D eigenvalue weighted by molar-refractivity contribution is -0.00593. The number of methoxy groups -OCH3 is 1. The zero-order chi connectivity index (χ0) is 15.9. The first-order valence-electron chi connectivity index (χ1n) is 8.50. The molecular weight excluding hydrogens is 312 g/mol. The van der Waals surface area contributed by atoms with Gasteiger partial charge in [-0.15, -0.1) is 0 Å². The molecule has 0 radical (unpaired) electrons. The molecule has 0 amide bonds. The van der Waals surface area contributed by atoms with Crippen molar-refractivity contribution >= 4 is 21.5 Å². The Hall–Kier alpha value is -0.600. The van der Waals surface area contributed by atoms with Gasteiger partial charge in [0.25, 0.3) is 0 Å². The van der Waals surface area contributed by atoms with Crippen molar-refractivity contribution in [2.24, 2.45) is 11.3 Å². The van der Waals surface area contributed by atoms with Crippen molar-refractivity contribution in [3.8, 4) is 0 Å². The summed E-state index contributed by atoms with van der Waals surface area (Å²) in [4.78, 5) is 0. The van der Waals surface area contributed by atoms with Gasteiger partial charge in [-0.3, -0.25) is 0 Å². The highest BCUT2D eigenvalue weighted by atomic mass is 79.9. The highest BCUT2D eigenvalue weighted by Crippen LogP contribution is 2.56. The van der Waals surface area contributed by atoms with Crippen LogP contribution in [0.15, 0.2) is 29.2 Å². The molecule has 0 aliphatic heterocycles. The Morgan fingerprint density at radius 1 is 1.55 bits per heavy atom. The molecule has 0 bridgehead atoms. The standard InChI is InChI=1S/C18H23BrO/c1-4-13-10-18(8-7-17(13)20-3)11-14-5-6-15(19)9-16(14)12(18)2/h5-6,9,13,17H,2,4,7-8,10-11H2,1,3H3/t13-,17-,18-/m1/s1/i2D2. The molecule has 1 saturated carbocycles. The summed E-state index contributed by atoms with van der Waals surface area (Å²) in [5.74, 6) is 0.519. The fourth-order valence-electron chi connectivity index (χ4n) is 4.17. The topological polar surface area (TPSA) is 9.23 Å². The van der Waals surface area contributed by atoms with E-state index in [0.29, 0.717) is 12.0 Å². The van der Waals surface area contributed by atoms with Gasteiger partial charge in [-0.1, -0.05) is 41.9 Å².